The van der Waals surface area contributed by atoms with Crippen LogP contribution < -0.4 is 5.73 Å². The van der Waals surface area contributed by atoms with Gasteiger partial charge in [0.25, 0.3) is 0 Å². The summed E-state index contributed by atoms with van der Waals surface area (Å²) in [5.41, 5.74) is 7.76. The first-order chi connectivity index (χ1) is 7.72. The van der Waals surface area contributed by atoms with E-state index in [9.17, 15) is 0 Å². The number of nitrogens with zero attached hydrogens (tertiary/aromatic N) is 1. The number of aryl methyl sites for hydroxylation is 1. The van der Waals surface area contributed by atoms with Crippen molar-refractivity contribution >= 4 is 0 Å². The highest BCUT2D eigenvalue weighted by Crippen LogP contribution is 2.25. The van der Waals surface area contributed by atoms with Gasteiger partial charge in [0.15, 0.2) is 0 Å². The van der Waals surface area contributed by atoms with Crippen molar-refractivity contribution in [3.8, 4) is 11.3 Å². The zero-order valence-electron chi connectivity index (χ0n) is 9.60. The molecule has 1 unspecified atom stereocenters. The van der Waals surface area contributed by atoms with Crippen LogP contribution in [0.3, 0.4) is 0 Å². The van der Waals surface area contributed by atoms with Crippen molar-refractivity contribution in [2.75, 3.05) is 0 Å². The third-order valence-corrected chi connectivity index (χ3v) is 2.47. The molecule has 0 spiro atoms. The summed E-state index contributed by atoms with van der Waals surface area (Å²) in [6.45, 7) is 3.93. The highest BCUT2D eigenvalue weighted by atomic mass is 16.4. The monoisotopic (exact) mass is 216 g/mol. The molecule has 84 valence electrons. The predicted molar refractivity (Wildman–Crippen MR) is 63.9 cm³/mol. The highest BCUT2D eigenvalue weighted by molar-refractivity contribution is 5.61. The average molecular weight is 216 g/mol. The summed E-state index contributed by atoms with van der Waals surface area (Å²) in [7, 11) is 0. The van der Waals surface area contributed by atoms with Crippen molar-refractivity contribution in [2.24, 2.45) is 5.73 Å². The van der Waals surface area contributed by atoms with E-state index in [0.717, 1.165) is 23.4 Å². The summed E-state index contributed by atoms with van der Waals surface area (Å²) < 4.78 is 5.64. The largest absolute Gasteiger partial charge is 0.443 e. The average Bonchev–Trinajstić information content (AvgIpc) is 2.74. The molecule has 16 heavy (non-hydrogen) atoms. The number of rotatable bonds is 3. The Bertz CT molecular complexity index is 460. The molecule has 1 heterocycles. The molecule has 0 bridgehead atoms. The third kappa shape index (κ3) is 1.99. The number of aromatic nitrogens is 1. The second-order valence-electron chi connectivity index (χ2n) is 3.83. The highest BCUT2D eigenvalue weighted by Gasteiger charge is 2.15. The molecule has 1 atom stereocenters. The van der Waals surface area contributed by atoms with Gasteiger partial charge in [0.05, 0.1) is 6.04 Å². The molecule has 0 fully saturated rings. The van der Waals surface area contributed by atoms with Crippen molar-refractivity contribution < 1.29 is 4.42 Å². The minimum atomic E-state index is -0.164. The summed E-state index contributed by atoms with van der Waals surface area (Å²) in [6.07, 6.45) is 0.823. The molecule has 0 aliphatic rings. The van der Waals surface area contributed by atoms with Gasteiger partial charge in [-0.1, -0.05) is 37.3 Å². The smallest absolute Gasteiger partial charge is 0.211 e. The minimum Gasteiger partial charge on any atom is -0.443 e. The molecule has 0 saturated carbocycles. The second kappa shape index (κ2) is 4.49. The molecule has 0 radical (unpaired) electrons. The van der Waals surface area contributed by atoms with E-state index in [0.29, 0.717) is 5.89 Å². The lowest BCUT2D eigenvalue weighted by atomic mass is 10.1. The van der Waals surface area contributed by atoms with Gasteiger partial charge < -0.3 is 10.2 Å². The Morgan fingerprint density at radius 3 is 2.56 bits per heavy atom. The van der Waals surface area contributed by atoms with E-state index in [1.807, 2.05) is 37.3 Å². The standard InChI is InChI=1S/C13H16N2O/c1-3-11-12(10-7-5-4-6-8-10)15-13(16-11)9(2)14/h4-9H,3,14H2,1-2H3. The second-order valence-corrected chi connectivity index (χ2v) is 3.83. The van der Waals surface area contributed by atoms with Crippen LogP contribution in [0, 0.1) is 0 Å². The molecule has 2 rings (SSSR count). The van der Waals surface area contributed by atoms with Crippen LogP contribution in [0.25, 0.3) is 11.3 Å². The first kappa shape index (κ1) is 10.9. The van der Waals surface area contributed by atoms with Crippen LogP contribution in [-0.2, 0) is 6.42 Å². The summed E-state index contributed by atoms with van der Waals surface area (Å²) in [6, 6.07) is 9.87. The van der Waals surface area contributed by atoms with Crippen molar-refractivity contribution in [1.29, 1.82) is 0 Å². The van der Waals surface area contributed by atoms with Crippen LogP contribution >= 0.6 is 0 Å². The van der Waals surface area contributed by atoms with Crippen LogP contribution in [0.4, 0.5) is 0 Å². The fourth-order valence-corrected chi connectivity index (χ4v) is 1.63. The molecular weight excluding hydrogens is 200 g/mol. The molecule has 1 aromatic heterocycles. The van der Waals surface area contributed by atoms with Crippen LogP contribution in [0.1, 0.15) is 31.5 Å². The lowest BCUT2D eigenvalue weighted by molar-refractivity contribution is 0.434. The zero-order valence-corrected chi connectivity index (χ0v) is 9.60. The van der Waals surface area contributed by atoms with Crippen LogP contribution in [-0.4, -0.2) is 4.98 Å². The van der Waals surface area contributed by atoms with Gasteiger partial charge in [-0.15, -0.1) is 0 Å². The van der Waals surface area contributed by atoms with Crippen molar-refractivity contribution in [1.82, 2.24) is 4.98 Å². The van der Waals surface area contributed by atoms with Gasteiger partial charge >= 0.3 is 0 Å². The van der Waals surface area contributed by atoms with Gasteiger partial charge in [0.1, 0.15) is 11.5 Å². The fraction of sp³-hybridized carbons (Fsp3) is 0.308. The van der Waals surface area contributed by atoms with E-state index >= 15 is 0 Å². The Morgan fingerprint density at radius 1 is 1.31 bits per heavy atom. The SMILES string of the molecule is CCc1oc(C(C)N)nc1-c1ccccc1. The normalized spacial score (nSPS) is 12.7. The summed E-state index contributed by atoms with van der Waals surface area (Å²) in [5, 5.41) is 0. The van der Waals surface area contributed by atoms with E-state index in [1.165, 1.54) is 0 Å². The topological polar surface area (TPSA) is 52.0 Å². The van der Waals surface area contributed by atoms with Crippen LogP contribution in [0.2, 0.25) is 0 Å². The molecular formula is C13H16N2O. The number of hydrogen-bond donors (Lipinski definition) is 1. The molecule has 1 aromatic carbocycles. The maximum absolute atomic E-state index is 5.77. The summed E-state index contributed by atoms with van der Waals surface area (Å²) >= 11 is 0. The lowest BCUT2D eigenvalue weighted by Gasteiger charge is -1.97. The van der Waals surface area contributed by atoms with E-state index in [2.05, 4.69) is 11.9 Å². The number of oxazole rings is 1. The lowest BCUT2D eigenvalue weighted by Crippen LogP contribution is -2.04. The van der Waals surface area contributed by atoms with Gasteiger partial charge in [-0.2, -0.15) is 0 Å². The summed E-state index contributed by atoms with van der Waals surface area (Å²) in [5.74, 6) is 1.51. The number of benzene rings is 1. The van der Waals surface area contributed by atoms with Crippen LogP contribution in [0.5, 0.6) is 0 Å². The van der Waals surface area contributed by atoms with Crippen molar-refractivity contribution in [3.63, 3.8) is 0 Å². The minimum absolute atomic E-state index is 0.164. The number of nitrogens with two attached hydrogens (primary N) is 1. The van der Waals surface area contributed by atoms with Gasteiger partial charge in [0, 0.05) is 12.0 Å². The van der Waals surface area contributed by atoms with E-state index in [1.54, 1.807) is 0 Å². The van der Waals surface area contributed by atoms with Crippen molar-refractivity contribution in [2.45, 2.75) is 26.3 Å². The first-order valence-electron chi connectivity index (χ1n) is 5.53. The summed E-state index contributed by atoms with van der Waals surface area (Å²) in [4.78, 5) is 4.46. The Balaban J connectivity index is 2.48. The molecule has 0 saturated heterocycles. The Hall–Kier alpha value is -1.61. The van der Waals surface area contributed by atoms with Crippen molar-refractivity contribution in [3.05, 3.63) is 42.0 Å². The molecule has 0 amide bonds. The molecule has 3 heteroatoms. The Labute approximate surface area is 95.3 Å². The van der Waals surface area contributed by atoms with Gasteiger partial charge in [-0.3, -0.25) is 0 Å². The van der Waals surface area contributed by atoms with Gasteiger partial charge in [-0.25, -0.2) is 4.98 Å². The maximum atomic E-state index is 5.77. The number of hydrogen-bond acceptors (Lipinski definition) is 3. The maximum Gasteiger partial charge on any atom is 0.211 e. The van der Waals surface area contributed by atoms with Gasteiger partial charge in [-0.05, 0) is 6.92 Å². The van der Waals surface area contributed by atoms with Crippen LogP contribution in [0.15, 0.2) is 34.7 Å². The van der Waals surface area contributed by atoms with E-state index < -0.39 is 0 Å². The first-order valence-corrected chi connectivity index (χ1v) is 5.53. The predicted octanol–water partition coefficient (Wildman–Crippen LogP) is 2.92. The Morgan fingerprint density at radius 2 is 2.00 bits per heavy atom. The molecule has 3 nitrogen and oxygen atoms in total. The zero-order chi connectivity index (χ0) is 11.5. The molecule has 0 aliphatic heterocycles. The molecule has 0 aliphatic carbocycles. The third-order valence-electron chi connectivity index (χ3n) is 2.47. The van der Waals surface area contributed by atoms with Gasteiger partial charge in [0.2, 0.25) is 5.89 Å². The van der Waals surface area contributed by atoms with E-state index in [4.69, 9.17) is 10.2 Å². The molecule has 2 N–H and O–H groups in total. The fourth-order valence-electron chi connectivity index (χ4n) is 1.63. The van der Waals surface area contributed by atoms with E-state index in [-0.39, 0.29) is 6.04 Å². The Kier molecular flexibility index (Phi) is 3.06. The molecule has 2 aromatic rings. The quantitative estimate of drug-likeness (QED) is 0.858.